The second-order valence-corrected chi connectivity index (χ2v) is 5.13. The average Bonchev–Trinajstić information content (AvgIpc) is 2.48. The molecule has 4 nitrogen and oxygen atoms in total. The highest BCUT2D eigenvalue weighted by atomic mass is 16.5. The molecular weight excluding hydrogens is 266 g/mol. The van der Waals surface area contributed by atoms with Crippen LogP contribution in [0.1, 0.15) is 30.6 Å². The third-order valence-electron chi connectivity index (χ3n) is 3.26. The number of aromatic nitrogens is 1. The summed E-state index contributed by atoms with van der Waals surface area (Å²) >= 11 is 0. The molecule has 0 fully saturated rings. The van der Waals surface area contributed by atoms with Gasteiger partial charge in [0.25, 0.3) is 5.56 Å². The fourth-order valence-electron chi connectivity index (χ4n) is 2.06. The maximum absolute atomic E-state index is 11.8. The van der Waals surface area contributed by atoms with Gasteiger partial charge in [-0.05, 0) is 42.7 Å². The monoisotopic (exact) mass is 287 g/mol. The van der Waals surface area contributed by atoms with E-state index in [2.05, 4.69) is 6.92 Å². The number of aryl methyl sites for hydroxylation is 1. The van der Waals surface area contributed by atoms with Gasteiger partial charge in [0.1, 0.15) is 5.75 Å². The van der Waals surface area contributed by atoms with E-state index in [1.165, 1.54) is 4.57 Å². The number of ether oxygens (including phenoxy) is 1. The highest BCUT2D eigenvalue weighted by molar-refractivity contribution is 5.28. The molecule has 4 heteroatoms. The van der Waals surface area contributed by atoms with E-state index in [1.54, 1.807) is 12.3 Å². The number of hydrogen-bond acceptors (Lipinski definition) is 3. The Kier molecular flexibility index (Phi) is 5.17. The van der Waals surface area contributed by atoms with Crippen molar-refractivity contribution in [2.75, 3.05) is 6.61 Å². The van der Waals surface area contributed by atoms with Crippen molar-refractivity contribution in [3.05, 3.63) is 64.1 Å². The first kappa shape index (κ1) is 15.3. The molecule has 1 N–H and O–H groups in total. The van der Waals surface area contributed by atoms with Gasteiger partial charge in [0.05, 0.1) is 19.3 Å². The first-order chi connectivity index (χ1) is 10.1. The predicted octanol–water partition coefficient (Wildman–Crippen LogP) is 2.68. The fourth-order valence-corrected chi connectivity index (χ4v) is 2.06. The molecule has 21 heavy (non-hydrogen) atoms. The Balaban J connectivity index is 2.05. The Labute approximate surface area is 124 Å². The molecular formula is C17H21NO3. The molecule has 0 amide bonds. The van der Waals surface area contributed by atoms with Crippen LogP contribution in [0.3, 0.4) is 0 Å². The van der Waals surface area contributed by atoms with Gasteiger partial charge >= 0.3 is 0 Å². The van der Waals surface area contributed by atoms with E-state index >= 15 is 0 Å². The van der Waals surface area contributed by atoms with Crippen molar-refractivity contribution >= 4 is 0 Å². The lowest BCUT2D eigenvalue weighted by Crippen LogP contribution is -2.22. The third kappa shape index (κ3) is 4.20. The largest absolute Gasteiger partial charge is 0.494 e. The standard InChI is InChI=1S/C17H21NO3/c1-3-10-21-15-6-4-14(5-7-15)16(19)12-18-9-8-13(2)11-17(18)20/h4-9,11,16,19H,3,10,12H2,1-2H3. The van der Waals surface area contributed by atoms with Gasteiger partial charge in [-0.1, -0.05) is 19.1 Å². The van der Waals surface area contributed by atoms with Crippen LogP contribution in [0.15, 0.2) is 47.4 Å². The van der Waals surface area contributed by atoms with E-state index in [0.717, 1.165) is 23.3 Å². The van der Waals surface area contributed by atoms with Crippen molar-refractivity contribution in [3.8, 4) is 5.75 Å². The number of benzene rings is 1. The van der Waals surface area contributed by atoms with Crippen LogP contribution < -0.4 is 10.3 Å². The summed E-state index contributed by atoms with van der Waals surface area (Å²) in [6.45, 7) is 4.85. The molecule has 0 radical (unpaired) electrons. The van der Waals surface area contributed by atoms with Crippen molar-refractivity contribution < 1.29 is 9.84 Å². The molecule has 2 aromatic rings. The zero-order valence-electron chi connectivity index (χ0n) is 12.5. The van der Waals surface area contributed by atoms with Crippen molar-refractivity contribution in [2.45, 2.75) is 32.9 Å². The minimum absolute atomic E-state index is 0.100. The van der Waals surface area contributed by atoms with Crippen LogP contribution in [0.2, 0.25) is 0 Å². The Morgan fingerprint density at radius 1 is 1.24 bits per heavy atom. The van der Waals surface area contributed by atoms with Crippen molar-refractivity contribution in [2.24, 2.45) is 0 Å². The highest BCUT2D eigenvalue weighted by Gasteiger charge is 2.09. The summed E-state index contributed by atoms with van der Waals surface area (Å²) < 4.78 is 7.02. The van der Waals surface area contributed by atoms with Crippen LogP contribution in [0.5, 0.6) is 5.75 Å². The van der Waals surface area contributed by atoms with Crippen LogP contribution >= 0.6 is 0 Å². The van der Waals surface area contributed by atoms with E-state index < -0.39 is 6.10 Å². The maximum Gasteiger partial charge on any atom is 0.250 e. The summed E-state index contributed by atoms with van der Waals surface area (Å²) in [5.41, 5.74) is 1.59. The van der Waals surface area contributed by atoms with Crippen molar-refractivity contribution in [1.29, 1.82) is 0 Å². The van der Waals surface area contributed by atoms with E-state index in [-0.39, 0.29) is 12.1 Å². The van der Waals surface area contributed by atoms with Gasteiger partial charge in [-0.3, -0.25) is 4.79 Å². The Bertz CT molecular complexity index is 631. The zero-order valence-corrected chi connectivity index (χ0v) is 12.5. The van der Waals surface area contributed by atoms with E-state index in [0.29, 0.717) is 6.61 Å². The number of hydrogen-bond donors (Lipinski definition) is 1. The van der Waals surface area contributed by atoms with Crippen LogP contribution in [0, 0.1) is 6.92 Å². The zero-order chi connectivity index (χ0) is 15.2. The third-order valence-corrected chi connectivity index (χ3v) is 3.26. The van der Waals surface area contributed by atoms with Crippen molar-refractivity contribution in [1.82, 2.24) is 4.57 Å². The van der Waals surface area contributed by atoms with Crippen LogP contribution in [-0.2, 0) is 6.54 Å². The molecule has 1 aromatic heterocycles. The highest BCUT2D eigenvalue weighted by Crippen LogP contribution is 2.19. The van der Waals surface area contributed by atoms with Crippen LogP contribution in [0.4, 0.5) is 0 Å². The van der Waals surface area contributed by atoms with Crippen LogP contribution in [-0.4, -0.2) is 16.3 Å². The molecule has 0 aliphatic carbocycles. The average molecular weight is 287 g/mol. The molecule has 0 saturated heterocycles. The second-order valence-electron chi connectivity index (χ2n) is 5.13. The molecule has 2 rings (SSSR count). The minimum Gasteiger partial charge on any atom is -0.494 e. The Morgan fingerprint density at radius 3 is 2.57 bits per heavy atom. The summed E-state index contributed by atoms with van der Waals surface area (Å²) in [5, 5.41) is 10.2. The molecule has 0 aliphatic rings. The number of rotatable bonds is 6. The summed E-state index contributed by atoms with van der Waals surface area (Å²) in [7, 11) is 0. The molecule has 0 aliphatic heterocycles. The first-order valence-corrected chi connectivity index (χ1v) is 7.18. The van der Waals surface area contributed by atoms with Crippen LogP contribution in [0.25, 0.3) is 0 Å². The lowest BCUT2D eigenvalue weighted by Gasteiger charge is -2.14. The second kappa shape index (κ2) is 7.09. The van der Waals surface area contributed by atoms with Gasteiger partial charge < -0.3 is 14.4 Å². The quantitative estimate of drug-likeness (QED) is 0.888. The molecule has 1 atom stereocenters. The molecule has 1 unspecified atom stereocenters. The lowest BCUT2D eigenvalue weighted by molar-refractivity contribution is 0.155. The van der Waals surface area contributed by atoms with Gasteiger partial charge in [-0.25, -0.2) is 0 Å². The van der Waals surface area contributed by atoms with Gasteiger partial charge in [-0.2, -0.15) is 0 Å². The minimum atomic E-state index is -0.717. The van der Waals surface area contributed by atoms with Gasteiger partial charge in [0.2, 0.25) is 0 Å². The summed E-state index contributed by atoms with van der Waals surface area (Å²) in [4.78, 5) is 11.8. The van der Waals surface area contributed by atoms with Gasteiger partial charge in [0.15, 0.2) is 0 Å². The predicted molar refractivity (Wildman–Crippen MR) is 82.6 cm³/mol. The van der Waals surface area contributed by atoms with Crippen molar-refractivity contribution in [3.63, 3.8) is 0 Å². The number of aliphatic hydroxyl groups is 1. The summed E-state index contributed by atoms with van der Waals surface area (Å²) in [6.07, 6.45) is 1.95. The SMILES string of the molecule is CCCOc1ccc(C(O)Cn2ccc(C)cc2=O)cc1. The Hall–Kier alpha value is -2.07. The topological polar surface area (TPSA) is 51.5 Å². The number of aliphatic hydroxyl groups excluding tert-OH is 1. The van der Waals surface area contributed by atoms with Gasteiger partial charge in [-0.15, -0.1) is 0 Å². The molecule has 0 bridgehead atoms. The lowest BCUT2D eigenvalue weighted by atomic mass is 10.1. The fraction of sp³-hybridized carbons (Fsp3) is 0.353. The maximum atomic E-state index is 11.8. The normalized spacial score (nSPS) is 12.1. The van der Waals surface area contributed by atoms with E-state index in [1.807, 2.05) is 37.3 Å². The smallest absolute Gasteiger partial charge is 0.250 e. The van der Waals surface area contributed by atoms with E-state index in [4.69, 9.17) is 4.74 Å². The molecule has 1 heterocycles. The molecule has 0 saturated carbocycles. The molecule has 0 spiro atoms. The van der Waals surface area contributed by atoms with E-state index in [9.17, 15) is 9.90 Å². The number of pyridine rings is 1. The summed E-state index contributed by atoms with van der Waals surface area (Å²) in [5.74, 6) is 0.792. The van der Waals surface area contributed by atoms with Gasteiger partial charge in [0, 0.05) is 12.3 Å². The molecule has 112 valence electrons. The summed E-state index contributed by atoms with van der Waals surface area (Å²) in [6, 6.07) is 10.8. The molecule has 1 aromatic carbocycles. The Morgan fingerprint density at radius 2 is 1.95 bits per heavy atom. The number of nitrogens with zero attached hydrogens (tertiary/aromatic N) is 1. The first-order valence-electron chi connectivity index (χ1n) is 7.18.